The Balaban J connectivity index is 2.92. The van der Waals surface area contributed by atoms with Crippen molar-refractivity contribution >= 4 is 22.6 Å². The minimum Gasteiger partial charge on any atom is -0.488 e. The highest BCUT2D eigenvalue weighted by atomic mass is 127. The highest BCUT2D eigenvalue weighted by molar-refractivity contribution is 14.1. The third-order valence-electron chi connectivity index (χ3n) is 1.28. The summed E-state index contributed by atoms with van der Waals surface area (Å²) in [6, 6.07) is 5.13. The number of halogens is 2. The molecule has 66 valence electrons. The zero-order chi connectivity index (χ0) is 9.14. The summed E-state index contributed by atoms with van der Waals surface area (Å²) in [5.41, 5.74) is 0. The molecule has 0 fully saturated rings. The standard InChI is InChI=1S/C9H10FIO/c1-6(2)12-8-5-3-4-7(11)9(8)10/h3-6H,1-2H3. The summed E-state index contributed by atoms with van der Waals surface area (Å²) in [4.78, 5) is 0. The Morgan fingerprint density at radius 1 is 1.42 bits per heavy atom. The molecule has 0 amide bonds. The number of benzene rings is 1. The van der Waals surface area contributed by atoms with E-state index in [-0.39, 0.29) is 11.9 Å². The van der Waals surface area contributed by atoms with Gasteiger partial charge in [0.05, 0.1) is 9.67 Å². The van der Waals surface area contributed by atoms with Gasteiger partial charge in [-0.25, -0.2) is 4.39 Å². The van der Waals surface area contributed by atoms with E-state index in [0.717, 1.165) is 0 Å². The third-order valence-corrected chi connectivity index (χ3v) is 2.11. The topological polar surface area (TPSA) is 9.23 Å². The Bertz CT molecular complexity index is 273. The molecule has 1 nitrogen and oxygen atoms in total. The van der Waals surface area contributed by atoms with E-state index >= 15 is 0 Å². The van der Waals surface area contributed by atoms with Crippen LogP contribution in [0, 0.1) is 9.39 Å². The lowest BCUT2D eigenvalue weighted by Crippen LogP contribution is -2.07. The SMILES string of the molecule is CC(C)Oc1cccc(I)c1F. The molecule has 0 unspecified atom stereocenters. The molecule has 1 aromatic rings. The van der Waals surface area contributed by atoms with Crippen molar-refractivity contribution in [1.29, 1.82) is 0 Å². The minimum atomic E-state index is -0.271. The lowest BCUT2D eigenvalue weighted by Gasteiger charge is -2.10. The zero-order valence-electron chi connectivity index (χ0n) is 6.97. The van der Waals surface area contributed by atoms with Crippen molar-refractivity contribution in [3.05, 3.63) is 27.6 Å². The fourth-order valence-electron chi connectivity index (χ4n) is 0.829. The van der Waals surface area contributed by atoms with E-state index in [9.17, 15) is 4.39 Å². The van der Waals surface area contributed by atoms with Crippen LogP contribution in [0.3, 0.4) is 0 Å². The van der Waals surface area contributed by atoms with E-state index in [4.69, 9.17) is 4.74 Å². The molecule has 1 rings (SSSR count). The molecule has 0 radical (unpaired) electrons. The van der Waals surface area contributed by atoms with Crippen LogP contribution in [-0.4, -0.2) is 6.10 Å². The van der Waals surface area contributed by atoms with Gasteiger partial charge in [-0.2, -0.15) is 0 Å². The van der Waals surface area contributed by atoms with Gasteiger partial charge in [0.15, 0.2) is 11.6 Å². The van der Waals surface area contributed by atoms with E-state index in [1.54, 1.807) is 18.2 Å². The van der Waals surface area contributed by atoms with Crippen molar-refractivity contribution in [2.45, 2.75) is 20.0 Å². The Morgan fingerprint density at radius 2 is 2.08 bits per heavy atom. The molecule has 0 spiro atoms. The molecule has 0 atom stereocenters. The molecule has 0 saturated carbocycles. The fraction of sp³-hybridized carbons (Fsp3) is 0.333. The van der Waals surface area contributed by atoms with Crippen LogP contribution in [-0.2, 0) is 0 Å². The quantitative estimate of drug-likeness (QED) is 0.756. The average Bonchev–Trinajstić information content (AvgIpc) is 1.98. The molecule has 0 saturated heterocycles. The number of hydrogen-bond acceptors (Lipinski definition) is 1. The van der Waals surface area contributed by atoms with Crippen LogP contribution < -0.4 is 4.74 Å². The average molecular weight is 280 g/mol. The van der Waals surface area contributed by atoms with Crippen molar-refractivity contribution in [2.75, 3.05) is 0 Å². The van der Waals surface area contributed by atoms with E-state index in [1.807, 2.05) is 36.4 Å². The van der Waals surface area contributed by atoms with Crippen LogP contribution in [0.5, 0.6) is 5.75 Å². The first-order valence-corrected chi connectivity index (χ1v) is 4.80. The summed E-state index contributed by atoms with van der Waals surface area (Å²) in [6.07, 6.45) is 0.0118. The van der Waals surface area contributed by atoms with Gasteiger partial charge in [-0.05, 0) is 48.6 Å². The lowest BCUT2D eigenvalue weighted by molar-refractivity contribution is 0.230. The Morgan fingerprint density at radius 3 is 2.67 bits per heavy atom. The van der Waals surface area contributed by atoms with Gasteiger partial charge in [0.25, 0.3) is 0 Å². The minimum absolute atomic E-state index is 0.0118. The highest BCUT2D eigenvalue weighted by Gasteiger charge is 2.07. The smallest absolute Gasteiger partial charge is 0.178 e. The summed E-state index contributed by atoms with van der Waals surface area (Å²) < 4.78 is 19.1. The van der Waals surface area contributed by atoms with Crippen molar-refractivity contribution in [1.82, 2.24) is 0 Å². The summed E-state index contributed by atoms with van der Waals surface area (Å²) in [6.45, 7) is 3.75. The number of rotatable bonds is 2. The van der Waals surface area contributed by atoms with Crippen molar-refractivity contribution in [2.24, 2.45) is 0 Å². The molecule has 0 heterocycles. The second-order valence-corrected chi connectivity index (χ2v) is 3.88. The summed E-state index contributed by atoms with van der Waals surface area (Å²) in [5, 5.41) is 0. The van der Waals surface area contributed by atoms with E-state index in [0.29, 0.717) is 9.32 Å². The van der Waals surface area contributed by atoms with Gasteiger partial charge in [-0.1, -0.05) is 6.07 Å². The van der Waals surface area contributed by atoms with Crippen LogP contribution in [0.4, 0.5) is 4.39 Å². The predicted molar refractivity (Wildman–Crippen MR) is 54.9 cm³/mol. The fourth-order valence-corrected chi connectivity index (χ4v) is 1.30. The summed E-state index contributed by atoms with van der Waals surface area (Å²) >= 11 is 1.94. The maximum atomic E-state index is 13.2. The van der Waals surface area contributed by atoms with E-state index in [2.05, 4.69) is 0 Å². The third kappa shape index (κ3) is 2.33. The summed E-state index contributed by atoms with van der Waals surface area (Å²) in [7, 11) is 0. The largest absolute Gasteiger partial charge is 0.488 e. The molecule has 0 aromatic heterocycles. The maximum absolute atomic E-state index is 13.2. The normalized spacial score (nSPS) is 10.4. The van der Waals surface area contributed by atoms with E-state index < -0.39 is 0 Å². The van der Waals surface area contributed by atoms with Crippen LogP contribution in [0.15, 0.2) is 18.2 Å². The van der Waals surface area contributed by atoms with Gasteiger partial charge >= 0.3 is 0 Å². The second-order valence-electron chi connectivity index (χ2n) is 2.72. The van der Waals surface area contributed by atoms with Gasteiger partial charge < -0.3 is 4.74 Å². The van der Waals surface area contributed by atoms with Gasteiger partial charge in [-0.3, -0.25) is 0 Å². The molecule has 0 aliphatic rings. The number of hydrogen-bond donors (Lipinski definition) is 0. The molecule has 1 aromatic carbocycles. The molecule has 0 aliphatic carbocycles. The van der Waals surface area contributed by atoms with Crippen LogP contribution in [0.1, 0.15) is 13.8 Å². The first-order valence-electron chi connectivity index (χ1n) is 3.72. The first-order chi connectivity index (χ1) is 5.61. The van der Waals surface area contributed by atoms with Crippen molar-refractivity contribution in [3.63, 3.8) is 0 Å². The monoisotopic (exact) mass is 280 g/mol. The van der Waals surface area contributed by atoms with Crippen molar-refractivity contribution < 1.29 is 9.13 Å². The van der Waals surface area contributed by atoms with Gasteiger partial charge in [-0.15, -0.1) is 0 Å². The Labute approximate surface area is 85.1 Å². The zero-order valence-corrected chi connectivity index (χ0v) is 9.13. The lowest BCUT2D eigenvalue weighted by atomic mass is 10.3. The van der Waals surface area contributed by atoms with E-state index in [1.165, 1.54) is 0 Å². The summed E-state index contributed by atoms with van der Waals surface area (Å²) in [5.74, 6) is 0.0590. The van der Waals surface area contributed by atoms with Gasteiger partial charge in [0.2, 0.25) is 0 Å². The van der Waals surface area contributed by atoms with Crippen LogP contribution in [0.2, 0.25) is 0 Å². The highest BCUT2D eigenvalue weighted by Crippen LogP contribution is 2.22. The Kier molecular flexibility index (Phi) is 3.31. The van der Waals surface area contributed by atoms with Crippen LogP contribution in [0.25, 0.3) is 0 Å². The van der Waals surface area contributed by atoms with Gasteiger partial charge in [0, 0.05) is 0 Å². The maximum Gasteiger partial charge on any atom is 0.178 e. The molecular weight excluding hydrogens is 270 g/mol. The molecule has 0 N–H and O–H groups in total. The van der Waals surface area contributed by atoms with Crippen LogP contribution >= 0.6 is 22.6 Å². The molecule has 3 heteroatoms. The first kappa shape index (κ1) is 9.77. The molecule has 12 heavy (non-hydrogen) atoms. The van der Waals surface area contributed by atoms with Gasteiger partial charge in [0.1, 0.15) is 0 Å². The molecular formula is C9H10FIO. The second kappa shape index (κ2) is 4.07. The molecule has 0 aliphatic heterocycles. The molecule has 0 bridgehead atoms. The predicted octanol–water partition coefficient (Wildman–Crippen LogP) is 3.22. The van der Waals surface area contributed by atoms with Crippen molar-refractivity contribution in [3.8, 4) is 5.75 Å². The number of ether oxygens (including phenoxy) is 1. The Hall–Kier alpha value is -0.320.